The molecule has 234 valence electrons. The van der Waals surface area contributed by atoms with Crippen LogP contribution in [-0.2, 0) is 16.1 Å². The predicted octanol–water partition coefficient (Wildman–Crippen LogP) is 3.56. The van der Waals surface area contributed by atoms with Crippen LogP contribution in [0.25, 0.3) is 5.65 Å². The molecule has 6 rings (SSSR count). The zero-order chi connectivity index (χ0) is 31.5. The first-order valence-corrected chi connectivity index (χ1v) is 15.0. The summed E-state index contributed by atoms with van der Waals surface area (Å²) < 4.78 is 20.0. The van der Waals surface area contributed by atoms with E-state index in [0.29, 0.717) is 59.6 Å². The predicted molar refractivity (Wildman–Crippen MR) is 164 cm³/mol. The molecule has 12 heteroatoms. The maximum atomic E-state index is 13.6. The SMILES string of the molecule is CC(C)COc1cc2cc(c1)C(=O)N(C)CC(=O)N[C@H]1CCN(C(=O)c3cccc4ncnn34)C[C@@H]1OCc1cccc(c1)O2. The van der Waals surface area contributed by atoms with Gasteiger partial charge < -0.3 is 29.3 Å². The molecule has 4 aromatic rings. The van der Waals surface area contributed by atoms with Crippen LogP contribution in [0, 0.1) is 5.92 Å². The Labute approximate surface area is 260 Å². The Morgan fingerprint density at radius 3 is 2.78 bits per heavy atom. The van der Waals surface area contributed by atoms with E-state index in [1.165, 1.54) is 15.7 Å². The number of benzene rings is 2. The van der Waals surface area contributed by atoms with E-state index in [0.717, 1.165) is 5.56 Å². The third-order valence-corrected chi connectivity index (χ3v) is 7.75. The minimum Gasteiger partial charge on any atom is -0.493 e. The Kier molecular flexibility index (Phi) is 8.65. The molecule has 12 nitrogen and oxygen atoms in total. The second-order valence-electron chi connectivity index (χ2n) is 11.8. The fourth-order valence-electron chi connectivity index (χ4n) is 5.50. The molecular weight excluding hydrogens is 576 g/mol. The number of piperidine rings is 1. The summed E-state index contributed by atoms with van der Waals surface area (Å²) >= 11 is 0. The summed E-state index contributed by atoms with van der Waals surface area (Å²) in [6.07, 6.45) is 1.37. The molecule has 2 aromatic heterocycles. The van der Waals surface area contributed by atoms with Crippen LogP contribution < -0.4 is 14.8 Å². The fraction of sp³-hybridized carbons (Fsp3) is 0.364. The Bertz CT molecular complexity index is 1720. The molecule has 0 aliphatic carbocycles. The number of nitrogens with zero attached hydrogens (tertiary/aromatic N) is 5. The van der Waals surface area contributed by atoms with Crippen molar-refractivity contribution in [3.63, 3.8) is 0 Å². The van der Waals surface area contributed by atoms with Gasteiger partial charge in [-0.1, -0.05) is 32.0 Å². The Morgan fingerprint density at radius 1 is 1.09 bits per heavy atom. The number of pyridine rings is 1. The number of hydrogen-bond donors (Lipinski definition) is 1. The second kappa shape index (κ2) is 12.9. The summed E-state index contributed by atoms with van der Waals surface area (Å²) in [6, 6.07) is 17.4. The van der Waals surface area contributed by atoms with Crippen molar-refractivity contribution in [3.05, 3.63) is 83.8 Å². The minimum absolute atomic E-state index is 0.161. The fourth-order valence-corrected chi connectivity index (χ4v) is 5.50. The molecule has 1 fully saturated rings. The number of likely N-dealkylation sites (N-methyl/N-ethyl adjacent to an activating group) is 1. The Balaban J connectivity index is 1.27. The molecular formula is C33H36N6O6. The summed E-state index contributed by atoms with van der Waals surface area (Å²) in [5.74, 6) is 0.932. The molecule has 4 heterocycles. The highest BCUT2D eigenvalue weighted by Crippen LogP contribution is 2.30. The lowest BCUT2D eigenvalue weighted by molar-refractivity contribution is -0.124. The molecule has 3 amide bonds. The van der Waals surface area contributed by atoms with Gasteiger partial charge in [-0.05, 0) is 54.3 Å². The number of aromatic nitrogens is 3. The van der Waals surface area contributed by atoms with Gasteiger partial charge in [-0.2, -0.15) is 5.10 Å². The van der Waals surface area contributed by atoms with E-state index >= 15 is 0 Å². The van der Waals surface area contributed by atoms with Crippen LogP contribution in [0.15, 0.2) is 67.0 Å². The van der Waals surface area contributed by atoms with Gasteiger partial charge >= 0.3 is 0 Å². The molecule has 0 spiro atoms. The number of rotatable bonds is 4. The standard InChI is InChI=1S/C33H36N6O6/c1-21(2)18-43-25-13-23-14-26(15-25)45-24-7-4-6-22(12-24)19-44-29-16-38(11-10-27(29)36-31(40)17-37(3)32(23)41)33(42)28-8-5-9-30-34-20-35-39(28)30/h4-9,12-15,20-21,27,29H,10-11,16-19H2,1-3H3,(H,36,40)/t27-,29-/m0/s1. The molecule has 2 aromatic carbocycles. The molecule has 1 saturated heterocycles. The first-order valence-electron chi connectivity index (χ1n) is 15.0. The minimum atomic E-state index is -0.506. The summed E-state index contributed by atoms with van der Waals surface area (Å²) in [7, 11) is 1.58. The third kappa shape index (κ3) is 6.91. The first-order chi connectivity index (χ1) is 21.7. The molecule has 0 unspecified atom stereocenters. The van der Waals surface area contributed by atoms with Crippen molar-refractivity contribution in [2.24, 2.45) is 5.92 Å². The number of carbonyl (C=O) groups is 3. The molecule has 1 N–H and O–H groups in total. The number of ether oxygens (including phenoxy) is 3. The number of likely N-dealkylation sites (tertiary alicyclic amines) is 1. The summed E-state index contributed by atoms with van der Waals surface area (Å²) in [6.45, 7) is 5.29. The monoisotopic (exact) mass is 612 g/mol. The van der Waals surface area contributed by atoms with Gasteiger partial charge in [0.1, 0.15) is 29.3 Å². The number of fused-ring (bicyclic) bond motifs is 6. The maximum Gasteiger partial charge on any atom is 0.272 e. The number of hydrogen-bond acceptors (Lipinski definition) is 8. The smallest absolute Gasteiger partial charge is 0.272 e. The van der Waals surface area contributed by atoms with Gasteiger partial charge in [-0.25, -0.2) is 9.50 Å². The highest BCUT2D eigenvalue weighted by Gasteiger charge is 2.35. The van der Waals surface area contributed by atoms with Crippen molar-refractivity contribution >= 4 is 23.4 Å². The van der Waals surface area contributed by atoms with Gasteiger partial charge in [0.25, 0.3) is 11.8 Å². The lowest BCUT2D eigenvalue weighted by Gasteiger charge is -2.39. The van der Waals surface area contributed by atoms with Crippen LogP contribution in [0.5, 0.6) is 17.2 Å². The topological polar surface area (TPSA) is 128 Å². The van der Waals surface area contributed by atoms with E-state index in [2.05, 4.69) is 15.4 Å². The van der Waals surface area contributed by atoms with Gasteiger partial charge in [0.05, 0.1) is 31.9 Å². The van der Waals surface area contributed by atoms with Crippen LogP contribution in [0.1, 0.15) is 46.7 Å². The van der Waals surface area contributed by atoms with E-state index in [9.17, 15) is 14.4 Å². The first kappa shape index (κ1) is 30.1. The molecule has 0 radical (unpaired) electrons. The molecule has 45 heavy (non-hydrogen) atoms. The van der Waals surface area contributed by atoms with Crippen molar-refractivity contribution in [3.8, 4) is 17.2 Å². The van der Waals surface area contributed by atoms with Gasteiger partial charge in [-0.3, -0.25) is 14.4 Å². The van der Waals surface area contributed by atoms with Crippen molar-refractivity contribution in [1.82, 2.24) is 29.7 Å². The number of carbonyl (C=O) groups excluding carboxylic acids is 3. The third-order valence-electron chi connectivity index (χ3n) is 7.75. The van der Waals surface area contributed by atoms with Crippen molar-refractivity contribution in [2.75, 3.05) is 33.3 Å². The second-order valence-corrected chi connectivity index (χ2v) is 11.8. The van der Waals surface area contributed by atoms with Crippen molar-refractivity contribution in [1.29, 1.82) is 0 Å². The molecule has 2 atom stereocenters. The van der Waals surface area contributed by atoms with E-state index in [1.54, 1.807) is 48.3 Å². The molecule has 4 bridgehead atoms. The number of nitrogens with one attached hydrogen (secondary N) is 1. The van der Waals surface area contributed by atoms with Crippen LogP contribution in [-0.4, -0.2) is 87.6 Å². The normalized spacial score (nSPS) is 19.2. The average Bonchev–Trinajstić information content (AvgIpc) is 3.51. The lowest BCUT2D eigenvalue weighted by atomic mass is 10.0. The zero-order valence-electron chi connectivity index (χ0n) is 25.5. The van der Waals surface area contributed by atoms with E-state index in [4.69, 9.17) is 14.2 Å². The van der Waals surface area contributed by atoms with Gasteiger partial charge in [0.15, 0.2) is 5.65 Å². The Morgan fingerprint density at radius 2 is 1.93 bits per heavy atom. The largest absolute Gasteiger partial charge is 0.493 e. The Hall–Kier alpha value is -4.97. The van der Waals surface area contributed by atoms with Gasteiger partial charge in [0, 0.05) is 31.8 Å². The van der Waals surface area contributed by atoms with Crippen LogP contribution in [0.2, 0.25) is 0 Å². The maximum absolute atomic E-state index is 13.6. The van der Waals surface area contributed by atoms with Crippen molar-refractivity contribution in [2.45, 2.75) is 39.0 Å². The van der Waals surface area contributed by atoms with E-state index in [1.807, 2.05) is 38.1 Å². The highest BCUT2D eigenvalue weighted by molar-refractivity contribution is 5.97. The summed E-state index contributed by atoms with van der Waals surface area (Å²) in [5.41, 5.74) is 2.17. The van der Waals surface area contributed by atoms with E-state index < -0.39 is 6.10 Å². The lowest BCUT2D eigenvalue weighted by Crippen LogP contribution is -2.57. The van der Waals surface area contributed by atoms with Crippen LogP contribution in [0.3, 0.4) is 0 Å². The average molecular weight is 613 g/mol. The molecule has 2 aliphatic rings. The molecule has 2 aliphatic heterocycles. The van der Waals surface area contributed by atoms with Gasteiger partial charge in [0.2, 0.25) is 5.91 Å². The van der Waals surface area contributed by atoms with E-state index in [-0.39, 0.29) is 43.5 Å². The van der Waals surface area contributed by atoms with Gasteiger partial charge in [-0.15, -0.1) is 0 Å². The number of amides is 3. The zero-order valence-corrected chi connectivity index (χ0v) is 25.5. The van der Waals surface area contributed by atoms with Crippen LogP contribution >= 0.6 is 0 Å². The quantitative estimate of drug-likeness (QED) is 0.371. The summed E-state index contributed by atoms with van der Waals surface area (Å²) in [4.78, 5) is 47.6. The van der Waals surface area contributed by atoms with Crippen LogP contribution in [0.4, 0.5) is 0 Å². The summed E-state index contributed by atoms with van der Waals surface area (Å²) in [5, 5.41) is 7.26. The molecule has 0 saturated carbocycles. The van der Waals surface area contributed by atoms with Crippen molar-refractivity contribution < 1.29 is 28.6 Å². The highest BCUT2D eigenvalue weighted by atomic mass is 16.5.